The summed E-state index contributed by atoms with van der Waals surface area (Å²) in [6.45, 7) is 2.58. The highest BCUT2D eigenvalue weighted by molar-refractivity contribution is 6.29. The molecule has 1 aromatic heterocycles. The molecule has 5 heteroatoms. The quantitative estimate of drug-likeness (QED) is 0.854. The number of halogens is 1. The van der Waals surface area contributed by atoms with Crippen LogP contribution in [0.2, 0.25) is 5.15 Å². The second kappa shape index (κ2) is 6.48. The summed E-state index contributed by atoms with van der Waals surface area (Å²) in [7, 11) is 3.27. The van der Waals surface area contributed by atoms with Crippen LogP contribution in [0.4, 0.5) is 5.82 Å². The van der Waals surface area contributed by atoms with Crippen molar-refractivity contribution < 1.29 is 9.47 Å². The lowest BCUT2D eigenvalue weighted by Crippen LogP contribution is -2.04. The zero-order valence-electron chi connectivity index (χ0n) is 11.7. The number of nitrogens with one attached hydrogen (secondary N) is 1. The molecule has 1 N–H and O–H groups in total. The smallest absolute Gasteiger partial charge is 0.131 e. The Kier molecular flexibility index (Phi) is 4.69. The number of aromatic nitrogens is 1. The van der Waals surface area contributed by atoms with Gasteiger partial charge in [-0.1, -0.05) is 11.6 Å². The van der Waals surface area contributed by atoms with Crippen molar-refractivity contribution in [1.82, 2.24) is 4.98 Å². The number of ether oxygens (including phenoxy) is 2. The topological polar surface area (TPSA) is 43.4 Å². The van der Waals surface area contributed by atoms with Crippen LogP contribution in [-0.4, -0.2) is 19.2 Å². The first-order valence-corrected chi connectivity index (χ1v) is 6.59. The van der Waals surface area contributed by atoms with E-state index in [0.717, 1.165) is 28.4 Å². The number of pyridine rings is 1. The Morgan fingerprint density at radius 2 is 1.95 bits per heavy atom. The number of aryl methyl sites for hydroxylation is 1. The fourth-order valence-corrected chi connectivity index (χ4v) is 2.16. The van der Waals surface area contributed by atoms with Gasteiger partial charge in [-0.25, -0.2) is 4.98 Å². The molecule has 0 bridgehead atoms. The molecule has 0 saturated heterocycles. The van der Waals surface area contributed by atoms with Gasteiger partial charge in [0.25, 0.3) is 0 Å². The number of rotatable bonds is 5. The van der Waals surface area contributed by atoms with Crippen LogP contribution in [0.1, 0.15) is 11.1 Å². The van der Waals surface area contributed by atoms with Gasteiger partial charge in [-0.15, -0.1) is 0 Å². The van der Waals surface area contributed by atoms with Crippen molar-refractivity contribution in [2.75, 3.05) is 19.5 Å². The van der Waals surface area contributed by atoms with Crippen molar-refractivity contribution in [2.45, 2.75) is 13.5 Å². The number of methoxy groups -OCH3 is 2. The number of hydrogen-bond acceptors (Lipinski definition) is 4. The second-order valence-electron chi connectivity index (χ2n) is 4.38. The highest BCUT2D eigenvalue weighted by Crippen LogP contribution is 2.25. The first-order chi connectivity index (χ1) is 9.62. The molecular formula is C15H17ClN2O2. The van der Waals surface area contributed by atoms with E-state index < -0.39 is 0 Å². The van der Waals surface area contributed by atoms with Gasteiger partial charge in [0.05, 0.1) is 14.2 Å². The lowest BCUT2D eigenvalue weighted by molar-refractivity contribution is 0.391. The van der Waals surface area contributed by atoms with Crippen LogP contribution in [-0.2, 0) is 6.54 Å². The minimum absolute atomic E-state index is 0.481. The monoisotopic (exact) mass is 292 g/mol. The van der Waals surface area contributed by atoms with Gasteiger partial charge in [-0.3, -0.25) is 0 Å². The van der Waals surface area contributed by atoms with Crippen LogP contribution in [0.25, 0.3) is 0 Å². The van der Waals surface area contributed by atoms with E-state index in [-0.39, 0.29) is 0 Å². The van der Waals surface area contributed by atoms with Gasteiger partial charge in [0.1, 0.15) is 22.5 Å². The minimum Gasteiger partial charge on any atom is -0.497 e. The van der Waals surface area contributed by atoms with Gasteiger partial charge in [0.15, 0.2) is 0 Å². The second-order valence-corrected chi connectivity index (χ2v) is 4.77. The summed E-state index contributed by atoms with van der Waals surface area (Å²) in [5.41, 5.74) is 2.09. The van der Waals surface area contributed by atoms with E-state index in [9.17, 15) is 0 Å². The predicted molar refractivity (Wildman–Crippen MR) is 80.9 cm³/mol. The standard InChI is InChI=1S/C15H17ClN2O2/c1-10-6-14(16)18-15(7-10)17-9-11-4-5-12(19-2)8-13(11)20-3/h4-8H,9H2,1-3H3,(H,17,18). The Labute approximate surface area is 123 Å². The maximum Gasteiger partial charge on any atom is 0.131 e. The molecule has 0 radical (unpaired) electrons. The molecule has 0 amide bonds. The fourth-order valence-electron chi connectivity index (χ4n) is 1.90. The number of nitrogens with zero attached hydrogens (tertiary/aromatic N) is 1. The van der Waals surface area contributed by atoms with E-state index in [1.165, 1.54) is 0 Å². The van der Waals surface area contributed by atoms with Crippen molar-refractivity contribution in [3.05, 3.63) is 46.6 Å². The van der Waals surface area contributed by atoms with E-state index in [4.69, 9.17) is 21.1 Å². The largest absolute Gasteiger partial charge is 0.497 e. The Bertz CT molecular complexity index is 582. The molecule has 2 rings (SSSR count). The Morgan fingerprint density at radius 1 is 1.15 bits per heavy atom. The van der Waals surface area contributed by atoms with E-state index in [1.54, 1.807) is 14.2 Å². The third-order valence-electron chi connectivity index (χ3n) is 2.89. The first kappa shape index (κ1) is 14.5. The molecule has 0 unspecified atom stereocenters. The molecular weight excluding hydrogens is 276 g/mol. The lowest BCUT2D eigenvalue weighted by atomic mass is 10.2. The Balaban J connectivity index is 2.14. The zero-order chi connectivity index (χ0) is 14.5. The van der Waals surface area contributed by atoms with Crippen molar-refractivity contribution in [1.29, 1.82) is 0 Å². The molecule has 0 fully saturated rings. The lowest BCUT2D eigenvalue weighted by Gasteiger charge is -2.12. The van der Waals surface area contributed by atoms with Gasteiger partial charge in [-0.2, -0.15) is 0 Å². The Hall–Kier alpha value is -1.94. The third-order valence-corrected chi connectivity index (χ3v) is 3.09. The van der Waals surface area contributed by atoms with Crippen molar-refractivity contribution in [2.24, 2.45) is 0 Å². The third kappa shape index (κ3) is 3.54. The average molecular weight is 293 g/mol. The van der Waals surface area contributed by atoms with Gasteiger partial charge >= 0.3 is 0 Å². The van der Waals surface area contributed by atoms with E-state index in [1.807, 2.05) is 37.3 Å². The Morgan fingerprint density at radius 3 is 2.60 bits per heavy atom. The molecule has 20 heavy (non-hydrogen) atoms. The predicted octanol–water partition coefficient (Wildman–Crippen LogP) is 3.67. The summed E-state index contributed by atoms with van der Waals surface area (Å²) in [4.78, 5) is 4.23. The molecule has 0 aliphatic rings. The van der Waals surface area contributed by atoms with E-state index in [2.05, 4.69) is 10.3 Å². The van der Waals surface area contributed by atoms with Crippen molar-refractivity contribution >= 4 is 17.4 Å². The molecule has 0 atom stereocenters. The average Bonchev–Trinajstić information content (AvgIpc) is 2.44. The summed E-state index contributed by atoms with van der Waals surface area (Å²) in [6, 6.07) is 9.48. The zero-order valence-corrected chi connectivity index (χ0v) is 12.5. The molecule has 106 valence electrons. The summed E-state index contributed by atoms with van der Waals surface area (Å²) < 4.78 is 10.5. The van der Waals surface area contributed by atoms with Crippen LogP contribution in [0.5, 0.6) is 11.5 Å². The summed E-state index contributed by atoms with van der Waals surface area (Å²) in [5.74, 6) is 2.28. The highest BCUT2D eigenvalue weighted by atomic mass is 35.5. The van der Waals surface area contributed by atoms with Crippen molar-refractivity contribution in [3.63, 3.8) is 0 Å². The van der Waals surface area contributed by atoms with Gasteiger partial charge in [0, 0.05) is 18.2 Å². The molecule has 0 aliphatic heterocycles. The molecule has 4 nitrogen and oxygen atoms in total. The molecule has 0 spiro atoms. The number of benzene rings is 1. The van der Waals surface area contributed by atoms with Gasteiger partial charge in [-0.05, 0) is 36.8 Å². The highest BCUT2D eigenvalue weighted by Gasteiger charge is 2.06. The van der Waals surface area contributed by atoms with Crippen LogP contribution in [0.3, 0.4) is 0 Å². The molecule has 1 heterocycles. The van der Waals surface area contributed by atoms with Crippen molar-refractivity contribution in [3.8, 4) is 11.5 Å². The number of hydrogen-bond donors (Lipinski definition) is 1. The first-order valence-electron chi connectivity index (χ1n) is 6.21. The maximum absolute atomic E-state index is 5.94. The molecule has 2 aromatic rings. The normalized spacial score (nSPS) is 10.2. The fraction of sp³-hybridized carbons (Fsp3) is 0.267. The SMILES string of the molecule is COc1ccc(CNc2cc(C)cc(Cl)n2)c(OC)c1. The minimum atomic E-state index is 0.481. The number of anilines is 1. The molecule has 0 saturated carbocycles. The van der Waals surface area contributed by atoms with Crippen LogP contribution in [0, 0.1) is 6.92 Å². The van der Waals surface area contributed by atoms with Crippen LogP contribution < -0.4 is 14.8 Å². The summed E-state index contributed by atoms with van der Waals surface area (Å²) in [5, 5.41) is 3.72. The maximum atomic E-state index is 5.94. The van der Waals surface area contributed by atoms with Crippen LogP contribution in [0.15, 0.2) is 30.3 Å². The van der Waals surface area contributed by atoms with Crippen LogP contribution >= 0.6 is 11.6 Å². The van der Waals surface area contributed by atoms with E-state index >= 15 is 0 Å². The van der Waals surface area contributed by atoms with Gasteiger partial charge < -0.3 is 14.8 Å². The van der Waals surface area contributed by atoms with Gasteiger partial charge in [0.2, 0.25) is 0 Å². The summed E-state index contributed by atoms with van der Waals surface area (Å²) in [6.07, 6.45) is 0. The van der Waals surface area contributed by atoms with E-state index in [0.29, 0.717) is 11.7 Å². The molecule has 1 aromatic carbocycles. The molecule has 0 aliphatic carbocycles. The summed E-state index contributed by atoms with van der Waals surface area (Å²) >= 11 is 5.94.